The van der Waals surface area contributed by atoms with Gasteiger partial charge >= 0.3 is 0 Å². The third kappa shape index (κ3) is 3.76. The lowest BCUT2D eigenvalue weighted by molar-refractivity contribution is -0.132. The number of pyridine rings is 2. The summed E-state index contributed by atoms with van der Waals surface area (Å²) < 4.78 is 15.6. The Morgan fingerprint density at radius 2 is 2.00 bits per heavy atom. The molecule has 2 aliphatic heterocycles. The molecule has 0 aliphatic carbocycles. The van der Waals surface area contributed by atoms with Crippen molar-refractivity contribution in [2.75, 3.05) is 24.5 Å². The Balaban J connectivity index is 1.15. The number of nitrogens with one attached hydrogen (secondary N) is 1. The molecule has 2 unspecified atom stereocenters. The summed E-state index contributed by atoms with van der Waals surface area (Å²) in [5.41, 5.74) is 1.53. The molecule has 2 bridgehead atoms. The van der Waals surface area contributed by atoms with Crippen molar-refractivity contribution in [3.05, 3.63) is 53.9 Å². The van der Waals surface area contributed by atoms with Gasteiger partial charge in [0.2, 0.25) is 5.91 Å². The Morgan fingerprint density at radius 3 is 2.72 bits per heavy atom. The van der Waals surface area contributed by atoms with E-state index >= 15 is 0 Å². The molecule has 32 heavy (non-hydrogen) atoms. The minimum atomic E-state index is -0.356. The van der Waals surface area contributed by atoms with Crippen LogP contribution < -0.4 is 10.2 Å². The molecule has 2 atom stereocenters. The van der Waals surface area contributed by atoms with Crippen LogP contribution in [0.15, 0.2) is 36.8 Å². The summed E-state index contributed by atoms with van der Waals surface area (Å²) in [5, 5.41) is 16.2. The largest absolute Gasteiger partial charge is 0.347 e. The van der Waals surface area contributed by atoms with Crippen molar-refractivity contribution in [2.24, 2.45) is 0 Å². The molecule has 9 nitrogen and oxygen atoms in total. The summed E-state index contributed by atoms with van der Waals surface area (Å²) in [4.78, 5) is 25.6. The first-order valence-electron chi connectivity index (χ1n) is 10.7. The van der Waals surface area contributed by atoms with E-state index in [0.717, 1.165) is 18.7 Å². The van der Waals surface area contributed by atoms with Gasteiger partial charge in [-0.25, -0.2) is 18.9 Å². The van der Waals surface area contributed by atoms with E-state index in [0.29, 0.717) is 43.0 Å². The smallest absolute Gasteiger partial charge is 0.223 e. The van der Waals surface area contributed by atoms with Gasteiger partial charge in [0.15, 0.2) is 5.65 Å². The highest BCUT2D eigenvalue weighted by molar-refractivity contribution is 5.77. The number of rotatable bonds is 6. The molecule has 3 aromatic rings. The van der Waals surface area contributed by atoms with Crippen LogP contribution >= 0.6 is 0 Å². The normalized spacial score (nSPS) is 20.0. The molecule has 0 spiro atoms. The van der Waals surface area contributed by atoms with Crippen LogP contribution in [-0.2, 0) is 11.3 Å². The Morgan fingerprint density at radius 1 is 1.19 bits per heavy atom. The molecular weight excluding hydrogens is 411 g/mol. The predicted octanol–water partition coefficient (Wildman–Crippen LogP) is 1.49. The van der Waals surface area contributed by atoms with Crippen molar-refractivity contribution in [2.45, 2.75) is 37.9 Å². The number of aromatic nitrogens is 4. The van der Waals surface area contributed by atoms with E-state index < -0.39 is 0 Å². The number of nitriles is 1. The number of piperazine rings is 1. The Kier molecular flexibility index (Phi) is 5.41. The minimum absolute atomic E-state index is 0.0984. The van der Waals surface area contributed by atoms with E-state index in [-0.39, 0.29) is 30.4 Å². The highest BCUT2D eigenvalue weighted by Gasteiger charge is 2.41. The number of halogens is 1. The second-order valence-corrected chi connectivity index (χ2v) is 8.19. The van der Waals surface area contributed by atoms with Gasteiger partial charge in [-0.2, -0.15) is 10.4 Å². The topological polar surface area (TPSA) is 102 Å². The molecule has 3 aromatic heterocycles. The van der Waals surface area contributed by atoms with Crippen LogP contribution in [-0.4, -0.2) is 62.1 Å². The van der Waals surface area contributed by atoms with Gasteiger partial charge in [0, 0.05) is 50.9 Å². The fourth-order valence-electron chi connectivity index (χ4n) is 4.72. The van der Waals surface area contributed by atoms with E-state index in [1.54, 1.807) is 18.3 Å². The van der Waals surface area contributed by atoms with E-state index in [1.165, 1.54) is 16.9 Å². The fourth-order valence-corrected chi connectivity index (χ4v) is 4.72. The number of carbonyl (C=O) groups excluding carboxylic acids is 1. The molecular formula is C22H23FN8O. The fraction of sp³-hybridized carbons (Fsp3) is 0.409. The quantitative estimate of drug-likeness (QED) is 0.587. The van der Waals surface area contributed by atoms with Crippen LogP contribution in [0.5, 0.6) is 0 Å². The number of anilines is 1. The van der Waals surface area contributed by atoms with Gasteiger partial charge < -0.3 is 15.1 Å². The van der Waals surface area contributed by atoms with Crippen LogP contribution in [0.4, 0.5) is 10.2 Å². The zero-order valence-corrected chi connectivity index (χ0v) is 17.5. The van der Waals surface area contributed by atoms with Crippen molar-refractivity contribution in [3.63, 3.8) is 0 Å². The zero-order chi connectivity index (χ0) is 22.1. The van der Waals surface area contributed by atoms with Gasteiger partial charge in [-0.3, -0.25) is 4.79 Å². The van der Waals surface area contributed by atoms with Crippen LogP contribution in [0.1, 0.15) is 30.5 Å². The summed E-state index contributed by atoms with van der Waals surface area (Å²) in [6, 6.07) is 9.21. The van der Waals surface area contributed by atoms with Crippen LogP contribution in [0.25, 0.3) is 5.65 Å². The number of amides is 1. The van der Waals surface area contributed by atoms with Gasteiger partial charge in [-0.05, 0) is 37.1 Å². The van der Waals surface area contributed by atoms with E-state index in [1.807, 2.05) is 11.0 Å². The molecule has 10 heteroatoms. The number of nitrogens with zero attached hydrogens (tertiary/aromatic N) is 7. The van der Waals surface area contributed by atoms with Crippen molar-refractivity contribution >= 4 is 17.4 Å². The molecule has 164 valence electrons. The Hall–Kier alpha value is -3.58. The maximum absolute atomic E-state index is 14.2. The maximum atomic E-state index is 14.2. The molecule has 0 saturated carbocycles. The summed E-state index contributed by atoms with van der Waals surface area (Å²) in [7, 11) is 0. The molecule has 0 aromatic carbocycles. The second kappa shape index (κ2) is 8.51. The lowest BCUT2D eigenvalue weighted by atomic mass is 10.1. The molecule has 2 aliphatic rings. The van der Waals surface area contributed by atoms with Crippen molar-refractivity contribution < 1.29 is 9.18 Å². The van der Waals surface area contributed by atoms with Crippen LogP contribution in [0.2, 0.25) is 0 Å². The van der Waals surface area contributed by atoms with E-state index in [2.05, 4.69) is 31.4 Å². The van der Waals surface area contributed by atoms with Crippen LogP contribution in [0.3, 0.4) is 0 Å². The first kappa shape index (κ1) is 20.3. The number of carbonyl (C=O) groups is 1. The number of hydrogen-bond acceptors (Lipinski definition) is 7. The van der Waals surface area contributed by atoms with E-state index in [4.69, 9.17) is 5.26 Å². The molecule has 2 fully saturated rings. The molecule has 5 rings (SSSR count). The molecule has 1 amide bonds. The summed E-state index contributed by atoms with van der Waals surface area (Å²) in [6.07, 6.45) is 5.39. The number of likely N-dealkylation sites (tertiary alicyclic amines) is 1. The third-order valence-electron chi connectivity index (χ3n) is 6.27. The summed E-state index contributed by atoms with van der Waals surface area (Å²) in [6.45, 7) is 2.06. The van der Waals surface area contributed by atoms with Gasteiger partial charge in [-0.15, -0.1) is 0 Å². The van der Waals surface area contributed by atoms with Crippen molar-refractivity contribution in [1.82, 2.24) is 29.8 Å². The predicted molar refractivity (Wildman–Crippen MR) is 114 cm³/mol. The van der Waals surface area contributed by atoms with Gasteiger partial charge in [0.1, 0.15) is 24.0 Å². The number of hydrogen-bond donors (Lipinski definition) is 1. The van der Waals surface area contributed by atoms with E-state index in [9.17, 15) is 9.18 Å². The average molecular weight is 434 g/mol. The number of fused-ring (bicyclic) bond motifs is 3. The first-order valence-corrected chi connectivity index (χ1v) is 10.7. The average Bonchev–Trinajstić information content (AvgIpc) is 3.39. The second-order valence-electron chi connectivity index (χ2n) is 8.19. The standard InChI is InChI=1S/C22H23FN8O/c23-18-4-6-21-27-14-28-31(21)19(18)11-25-8-7-22(32)29-12-16-2-3-17(13-29)30(16)20-5-1-15(9-24)10-26-20/h1,4-6,10,14,16-17,25H,2-3,7-8,11-13H2. The highest BCUT2D eigenvalue weighted by atomic mass is 19.1. The summed E-state index contributed by atoms with van der Waals surface area (Å²) in [5.74, 6) is 0.613. The highest BCUT2D eigenvalue weighted by Crippen LogP contribution is 2.34. The lowest BCUT2D eigenvalue weighted by Crippen LogP contribution is -2.56. The molecule has 1 N–H and O–H groups in total. The zero-order valence-electron chi connectivity index (χ0n) is 17.5. The molecule has 2 saturated heterocycles. The molecule has 5 heterocycles. The maximum Gasteiger partial charge on any atom is 0.223 e. The van der Waals surface area contributed by atoms with Gasteiger partial charge in [0.25, 0.3) is 0 Å². The Labute approximate surface area is 184 Å². The van der Waals surface area contributed by atoms with Gasteiger partial charge in [-0.1, -0.05) is 0 Å². The molecule has 0 radical (unpaired) electrons. The summed E-state index contributed by atoms with van der Waals surface area (Å²) >= 11 is 0. The van der Waals surface area contributed by atoms with Crippen molar-refractivity contribution in [1.29, 1.82) is 5.26 Å². The minimum Gasteiger partial charge on any atom is -0.347 e. The monoisotopic (exact) mass is 434 g/mol. The third-order valence-corrected chi connectivity index (χ3v) is 6.27. The Bertz CT molecular complexity index is 1160. The first-order chi connectivity index (χ1) is 15.6. The van der Waals surface area contributed by atoms with Crippen molar-refractivity contribution in [3.8, 4) is 6.07 Å². The SMILES string of the molecule is N#Cc1ccc(N2C3CCC2CN(C(=O)CCNCc2c(F)ccc4ncnn24)C3)nc1. The van der Waals surface area contributed by atoms with Crippen LogP contribution in [0, 0.1) is 17.1 Å². The lowest BCUT2D eigenvalue weighted by Gasteiger charge is -2.41. The van der Waals surface area contributed by atoms with Gasteiger partial charge in [0.05, 0.1) is 11.3 Å².